The lowest BCUT2D eigenvalue weighted by molar-refractivity contribution is -0.147. The Hall–Kier alpha value is -1.55. The normalized spacial score (nSPS) is 11.6. The number of carboxylic acids is 1. The van der Waals surface area contributed by atoms with E-state index < -0.39 is 11.4 Å². The van der Waals surface area contributed by atoms with Gasteiger partial charge >= 0.3 is 5.97 Å². The third-order valence-electron chi connectivity index (χ3n) is 3.33. The molecule has 1 rings (SSSR count). The van der Waals surface area contributed by atoms with Crippen LogP contribution in [0.1, 0.15) is 25.8 Å². The van der Waals surface area contributed by atoms with Gasteiger partial charge in [-0.15, -0.1) is 0 Å². The number of benzene rings is 1. The van der Waals surface area contributed by atoms with E-state index in [2.05, 4.69) is 4.90 Å². The maximum Gasteiger partial charge on any atom is 0.309 e. The monoisotopic (exact) mass is 265 g/mol. The summed E-state index contributed by atoms with van der Waals surface area (Å²) < 4.78 is 5.31. The van der Waals surface area contributed by atoms with Crippen molar-refractivity contribution in [2.24, 2.45) is 5.41 Å². The second-order valence-electron chi connectivity index (χ2n) is 5.49. The topological polar surface area (TPSA) is 49.8 Å². The van der Waals surface area contributed by atoms with Gasteiger partial charge in [0, 0.05) is 12.1 Å². The van der Waals surface area contributed by atoms with Crippen molar-refractivity contribution in [1.29, 1.82) is 0 Å². The molecule has 0 aliphatic rings. The minimum absolute atomic E-state index is 0.619. The minimum Gasteiger partial charge on any atom is -0.496 e. The number of para-hydroxylation sites is 1. The number of hydrogen-bond acceptors (Lipinski definition) is 3. The van der Waals surface area contributed by atoms with E-state index in [4.69, 9.17) is 9.84 Å². The van der Waals surface area contributed by atoms with Crippen molar-refractivity contribution in [3.63, 3.8) is 0 Å². The van der Waals surface area contributed by atoms with Gasteiger partial charge in [0.05, 0.1) is 12.5 Å². The average Bonchev–Trinajstić information content (AvgIpc) is 2.37. The summed E-state index contributed by atoms with van der Waals surface area (Å²) in [5.41, 5.74) is 0.426. The largest absolute Gasteiger partial charge is 0.496 e. The lowest BCUT2D eigenvalue weighted by Gasteiger charge is -2.24. The molecule has 0 aliphatic carbocycles. The molecule has 1 aromatic carbocycles. The third kappa shape index (κ3) is 4.56. The summed E-state index contributed by atoms with van der Waals surface area (Å²) in [6.45, 7) is 5.00. The van der Waals surface area contributed by atoms with Crippen LogP contribution in [0.5, 0.6) is 5.75 Å². The fourth-order valence-electron chi connectivity index (χ4n) is 1.78. The Labute approximate surface area is 115 Å². The molecule has 0 bridgehead atoms. The van der Waals surface area contributed by atoms with Gasteiger partial charge in [-0.25, -0.2) is 0 Å². The Morgan fingerprint density at radius 1 is 1.37 bits per heavy atom. The van der Waals surface area contributed by atoms with Crippen molar-refractivity contribution in [3.8, 4) is 5.75 Å². The van der Waals surface area contributed by atoms with Crippen LogP contribution in [0.4, 0.5) is 0 Å². The highest BCUT2D eigenvalue weighted by Gasteiger charge is 2.26. The van der Waals surface area contributed by atoms with Crippen LogP contribution in [0.25, 0.3) is 0 Å². The molecule has 106 valence electrons. The zero-order chi connectivity index (χ0) is 14.5. The van der Waals surface area contributed by atoms with Crippen LogP contribution in [0.2, 0.25) is 0 Å². The van der Waals surface area contributed by atoms with E-state index in [1.165, 1.54) is 0 Å². The molecule has 0 radical (unpaired) electrons. The van der Waals surface area contributed by atoms with Crippen molar-refractivity contribution in [2.45, 2.75) is 26.8 Å². The lowest BCUT2D eigenvalue weighted by atomic mass is 9.89. The van der Waals surface area contributed by atoms with Gasteiger partial charge in [-0.2, -0.15) is 0 Å². The smallest absolute Gasteiger partial charge is 0.309 e. The predicted molar refractivity (Wildman–Crippen MR) is 75.4 cm³/mol. The number of ether oxygens (including phenoxy) is 1. The number of nitrogens with zero attached hydrogens (tertiary/aromatic N) is 1. The summed E-state index contributed by atoms with van der Waals surface area (Å²) in [7, 11) is 3.65. The Morgan fingerprint density at radius 2 is 2.00 bits per heavy atom. The molecule has 0 saturated heterocycles. The Morgan fingerprint density at radius 3 is 2.58 bits per heavy atom. The summed E-state index contributed by atoms with van der Waals surface area (Å²) in [6.07, 6.45) is 0.619. The molecular formula is C15H23NO3. The van der Waals surface area contributed by atoms with Gasteiger partial charge in [0.2, 0.25) is 0 Å². The Kier molecular flexibility index (Phi) is 5.36. The summed E-state index contributed by atoms with van der Waals surface area (Å²) in [5, 5.41) is 9.09. The standard InChI is InChI=1S/C15H23NO3/c1-15(2,14(17)18)9-10-16(3)11-12-7-5-6-8-13(12)19-4/h5-8H,9-11H2,1-4H3,(H,17,18). The quantitative estimate of drug-likeness (QED) is 0.823. The van der Waals surface area contributed by atoms with Crippen molar-refractivity contribution in [1.82, 2.24) is 4.90 Å². The minimum atomic E-state index is -0.752. The van der Waals surface area contributed by atoms with E-state index in [1.54, 1.807) is 21.0 Å². The zero-order valence-electron chi connectivity index (χ0n) is 12.1. The molecule has 0 atom stereocenters. The predicted octanol–water partition coefficient (Wildman–Crippen LogP) is 2.63. The van der Waals surface area contributed by atoms with Crippen LogP contribution >= 0.6 is 0 Å². The molecule has 1 N–H and O–H groups in total. The number of aliphatic carboxylic acids is 1. The van der Waals surface area contributed by atoms with Gasteiger partial charge in [0.25, 0.3) is 0 Å². The first-order chi connectivity index (χ1) is 8.86. The van der Waals surface area contributed by atoms with Crippen LogP contribution in [-0.4, -0.2) is 36.7 Å². The number of rotatable bonds is 7. The van der Waals surface area contributed by atoms with Crippen LogP contribution in [-0.2, 0) is 11.3 Å². The number of carbonyl (C=O) groups is 1. The van der Waals surface area contributed by atoms with Gasteiger partial charge in [0.15, 0.2) is 0 Å². The molecular weight excluding hydrogens is 242 g/mol. The van der Waals surface area contributed by atoms with E-state index >= 15 is 0 Å². The van der Waals surface area contributed by atoms with Crippen molar-refractivity contribution in [2.75, 3.05) is 20.7 Å². The highest BCUT2D eigenvalue weighted by Crippen LogP contribution is 2.22. The summed E-state index contributed by atoms with van der Waals surface area (Å²) in [5.74, 6) is 0.116. The van der Waals surface area contributed by atoms with Crippen molar-refractivity contribution < 1.29 is 14.6 Å². The molecule has 0 fully saturated rings. The summed E-state index contributed by atoms with van der Waals surface area (Å²) in [6, 6.07) is 7.88. The van der Waals surface area contributed by atoms with Crippen molar-refractivity contribution >= 4 is 5.97 Å². The molecule has 0 spiro atoms. The fourth-order valence-corrected chi connectivity index (χ4v) is 1.78. The van der Waals surface area contributed by atoms with Gasteiger partial charge in [-0.05, 0) is 39.9 Å². The number of carboxylic acid groups (broad SMARTS) is 1. The van der Waals surface area contributed by atoms with Crippen LogP contribution in [0.15, 0.2) is 24.3 Å². The number of hydrogen-bond donors (Lipinski definition) is 1. The molecule has 0 amide bonds. The fraction of sp³-hybridized carbons (Fsp3) is 0.533. The zero-order valence-corrected chi connectivity index (χ0v) is 12.1. The maximum absolute atomic E-state index is 11.1. The molecule has 4 heteroatoms. The van der Waals surface area contributed by atoms with E-state index in [1.807, 2.05) is 31.3 Å². The first kappa shape index (κ1) is 15.5. The summed E-state index contributed by atoms with van der Waals surface area (Å²) >= 11 is 0. The highest BCUT2D eigenvalue weighted by molar-refractivity contribution is 5.73. The van der Waals surface area contributed by atoms with E-state index in [-0.39, 0.29) is 0 Å². The van der Waals surface area contributed by atoms with Crippen LogP contribution in [0, 0.1) is 5.41 Å². The molecule has 0 saturated carbocycles. The van der Waals surface area contributed by atoms with E-state index in [0.29, 0.717) is 6.42 Å². The van der Waals surface area contributed by atoms with Gasteiger partial charge in [0.1, 0.15) is 5.75 Å². The first-order valence-electron chi connectivity index (χ1n) is 6.40. The molecule has 1 aromatic rings. The van der Waals surface area contributed by atoms with Gasteiger partial charge in [-0.1, -0.05) is 18.2 Å². The Bertz CT molecular complexity index is 429. The van der Waals surface area contributed by atoms with E-state index in [9.17, 15) is 4.79 Å². The second-order valence-corrected chi connectivity index (χ2v) is 5.49. The molecule has 4 nitrogen and oxygen atoms in total. The van der Waals surface area contributed by atoms with Crippen LogP contribution in [0.3, 0.4) is 0 Å². The summed E-state index contributed by atoms with van der Waals surface area (Å²) in [4.78, 5) is 13.2. The molecule has 0 aliphatic heterocycles. The maximum atomic E-state index is 11.1. The molecule has 19 heavy (non-hydrogen) atoms. The highest BCUT2D eigenvalue weighted by atomic mass is 16.5. The number of methoxy groups -OCH3 is 1. The SMILES string of the molecule is COc1ccccc1CN(C)CCC(C)(C)C(=O)O. The van der Waals surface area contributed by atoms with E-state index in [0.717, 1.165) is 24.4 Å². The second kappa shape index (κ2) is 6.57. The van der Waals surface area contributed by atoms with Crippen LogP contribution < -0.4 is 4.74 Å². The van der Waals surface area contributed by atoms with Gasteiger partial charge < -0.3 is 14.7 Å². The average molecular weight is 265 g/mol. The van der Waals surface area contributed by atoms with Gasteiger partial charge in [-0.3, -0.25) is 4.79 Å². The lowest BCUT2D eigenvalue weighted by Crippen LogP contribution is -2.30. The molecule has 0 unspecified atom stereocenters. The molecule has 0 aromatic heterocycles. The third-order valence-corrected chi connectivity index (χ3v) is 3.33. The van der Waals surface area contributed by atoms with Crippen molar-refractivity contribution in [3.05, 3.63) is 29.8 Å². The molecule has 0 heterocycles. The Balaban J connectivity index is 2.56. The first-order valence-corrected chi connectivity index (χ1v) is 6.40.